The number of aromatic nitrogens is 2. The first-order valence-electron chi connectivity index (χ1n) is 7.60. The monoisotopic (exact) mass is 363 g/mol. The first-order chi connectivity index (χ1) is 11.7. The van der Waals surface area contributed by atoms with Gasteiger partial charge in [0, 0.05) is 12.0 Å². The van der Waals surface area contributed by atoms with Gasteiger partial charge in [-0.15, -0.1) is 10.2 Å². The van der Waals surface area contributed by atoms with Crippen molar-refractivity contribution < 1.29 is 14.3 Å². The molecule has 2 aromatic rings. The van der Waals surface area contributed by atoms with Gasteiger partial charge in [-0.1, -0.05) is 22.9 Å². The first-order valence-corrected chi connectivity index (χ1v) is 8.80. The van der Waals surface area contributed by atoms with E-state index in [2.05, 4.69) is 15.5 Å². The zero-order valence-electron chi connectivity index (χ0n) is 12.6. The standard InChI is InChI=1S/C16H14ClN3O3S/c17-11-7-9(8-12-14(11)23-6-5-22-12)1-4-13(21)18-16-20-19-15(24-16)10-2-3-10/h1,4,7-8,10H,2-3,5-6H2,(H,18,20,21)/b4-1+. The number of halogens is 1. The van der Waals surface area contributed by atoms with Crippen LogP contribution < -0.4 is 14.8 Å². The van der Waals surface area contributed by atoms with Gasteiger partial charge in [-0.3, -0.25) is 10.1 Å². The first kappa shape index (κ1) is 15.4. The maximum absolute atomic E-state index is 12.0. The lowest BCUT2D eigenvalue weighted by molar-refractivity contribution is -0.111. The van der Waals surface area contributed by atoms with E-state index in [9.17, 15) is 4.79 Å². The number of nitrogens with one attached hydrogen (secondary N) is 1. The smallest absolute Gasteiger partial charge is 0.250 e. The number of hydrogen-bond donors (Lipinski definition) is 1. The summed E-state index contributed by atoms with van der Waals surface area (Å²) >= 11 is 7.60. The number of fused-ring (bicyclic) bond motifs is 1. The lowest BCUT2D eigenvalue weighted by Crippen LogP contribution is -2.15. The Morgan fingerprint density at radius 2 is 2.12 bits per heavy atom. The molecule has 1 saturated carbocycles. The fraction of sp³-hybridized carbons (Fsp3) is 0.312. The van der Waals surface area contributed by atoms with Crippen LogP contribution in [-0.2, 0) is 4.79 Å². The quantitative estimate of drug-likeness (QED) is 0.842. The third kappa shape index (κ3) is 3.37. The largest absolute Gasteiger partial charge is 0.486 e. The average Bonchev–Trinajstić information content (AvgIpc) is 3.33. The molecule has 0 spiro atoms. The second-order valence-corrected chi connectivity index (χ2v) is 6.99. The number of nitrogens with zero attached hydrogens (tertiary/aromatic N) is 2. The van der Waals surface area contributed by atoms with Crippen LogP contribution >= 0.6 is 22.9 Å². The average molecular weight is 364 g/mol. The fourth-order valence-electron chi connectivity index (χ4n) is 2.33. The van der Waals surface area contributed by atoms with Gasteiger partial charge in [-0.2, -0.15) is 0 Å². The second kappa shape index (κ2) is 6.41. The summed E-state index contributed by atoms with van der Waals surface area (Å²) in [7, 11) is 0. The van der Waals surface area contributed by atoms with E-state index in [1.807, 2.05) is 0 Å². The molecule has 2 heterocycles. The Morgan fingerprint density at radius 1 is 1.29 bits per heavy atom. The van der Waals surface area contributed by atoms with E-state index in [4.69, 9.17) is 21.1 Å². The van der Waals surface area contributed by atoms with E-state index in [0.717, 1.165) is 23.4 Å². The van der Waals surface area contributed by atoms with Crippen LogP contribution in [0.1, 0.15) is 29.3 Å². The minimum atomic E-state index is -0.264. The molecule has 2 aliphatic rings. The Morgan fingerprint density at radius 3 is 2.96 bits per heavy atom. The number of amides is 1. The molecular weight excluding hydrogens is 350 g/mol. The zero-order valence-corrected chi connectivity index (χ0v) is 14.2. The molecule has 4 rings (SSSR count). The minimum absolute atomic E-state index is 0.264. The molecule has 6 nitrogen and oxygen atoms in total. The molecule has 124 valence electrons. The van der Waals surface area contributed by atoms with Gasteiger partial charge in [-0.05, 0) is 36.6 Å². The lowest BCUT2D eigenvalue weighted by Gasteiger charge is -2.19. The Balaban J connectivity index is 1.43. The Labute approximate surface area is 147 Å². The summed E-state index contributed by atoms with van der Waals surface area (Å²) in [5.41, 5.74) is 0.760. The molecule has 0 bridgehead atoms. The number of carbonyl (C=O) groups is 1. The predicted octanol–water partition coefficient (Wildman–Crippen LogP) is 3.49. The maximum atomic E-state index is 12.0. The maximum Gasteiger partial charge on any atom is 0.250 e. The van der Waals surface area contributed by atoms with Crippen LogP contribution in [0.2, 0.25) is 5.02 Å². The van der Waals surface area contributed by atoms with Crippen molar-refractivity contribution in [1.29, 1.82) is 0 Å². The number of ether oxygens (including phenoxy) is 2. The number of rotatable bonds is 4. The highest BCUT2D eigenvalue weighted by Gasteiger charge is 2.27. The van der Waals surface area contributed by atoms with Crippen LogP contribution in [-0.4, -0.2) is 29.3 Å². The van der Waals surface area contributed by atoms with E-state index in [-0.39, 0.29) is 5.91 Å². The van der Waals surface area contributed by atoms with Crippen LogP contribution in [0, 0.1) is 0 Å². The molecule has 1 aliphatic carbocycles. The number of carbonyl (C=O) groups excluding carboxylic acids is 1. The Bertz CT molecular complexity index is 817. The van der Waals surface area contributed by atoms with Crippen LogP contribution in [0.4, 0.5) is 5.13 Å². The number of anilines is 1. The van der Waals surface area contributed by atoms with E-state index >= 15 is 0 Å². The van der Waals surface area contributed by atoms with Gasteiger partial charge in [0.1, 0.15) is 18.2 Å². The van der Waals surface area contributed by atoms with E-state index in [1.165, 1.54) is 17.4 Å². The molecule has 24 heavy (non-hydrogen) atoms. The summed E-state index contributed by atoms with van der Waals surface area (Å²) < 4.78 is 11.0. The molecule has 0 atom stereocenters. The van der Waals surface area contributed by atoms with Crippen molar-refractivity contribution in [2.24, 2.45) is 0 Å². The molecule has 0 radical (unpaired) electrons. The van der Waals surface area contributed by atoms with Crippen LogP contribution in [0.25, 0.3) is 6.08 Å². The van der Waals surface area contributed by atoms with Gasteiger partial charge in [0.25, 0.3) is 0 Å². The third-order valence-corrected chi connectivity index (χ3v) is 4.93. The molecule has 1 amide bonds. The van der Waals surface area contributed by atoms with E-state index in [1.54, 1.807) is 18.2 Å². The van der Waals surface area contributed by atoms with E-state index < -0.39 is 0 Å². The Kier molecular flexibility index (Phi) is 4.12. The summed E-state index contributed by atoms with van der Waals surface area (Å²) in [5, 5.41) is 12.8. The lowest BCUT2D eigenvalue weighted by atomic mass is 10.1. The van der Waals surface area contributed by atoms with Gasteiger partial charge < -0.3 is 9.47 Å². The van der Waals surface area contributed by atoms with Crippen molar-refractivity contribution in [1.82, 2.24) is 10.2 Å². The van der Waals surface area contributed by atoms with Gasteiger partial charge in [0.15, 0.2) is 11.5 Å². The zero-order chi connectivity index (χ0) is 16.5. The second-order valence-electron chi connectivity index (χ2n) is 5.57. The highest BCUT2D eigenvalue weighted by Crippen LogP contribution is 2.42. The highest BCUT2D eigenvalue weighted by atomic mass is 35.5. The van der Waals surface area contributed by atoms with Crippen molar-refractivity contribution in [2.75, 3.05) is 18.5 Å². The minimum Gasteiger partial charge on any atom is -0.486 e. The summed E-state index contributed by atoms with van der Waals surface area (Å²) in [5.74, 6) is 1.40. The van der Waals surface area contributed by atoms with Crippen molar-refractivity contribution in [3.63, 3.8) is 0 Å². The van der Waals surface area contributed by atoms with Crippen molar-refractivity contribution in [3.05, 3.63) is 33.8 Å². The molecule has 1 aromatic carbocycles. The van der Waals surface area contributed by atoms with Crippen molar-refractivity contribution in [2.45, 2.75) is 18.8 Å². The number of hydrogen-bond acceptors (Lipinski definition) is 6. The SMILES string of the molecule is O=C(/C=C/c1cc(Cl)c2c(c1)OCCO2)Nc1nnc(C2CC2)s1. The normalized spacial score (nSPS) is 16.4. The van der Waals surface area contributed by atoms with E-state index in [0.29, 0.717) is 40.8 Å². The molecular formula is C16H14ClN3O3S. The van der Waals surface area contributed by atoms with Crippen LogP contribution in [0.15, 0.2) is 18.2 Å². The van der Waals surface area contributed by atoms with Crippen LogP contribution in [0.3, 0.4) is 0 Å². The molecule has 1 N–H and O–H groups in total. The molecule has 1 aliphatic heterocycles. The molecule has 0 unspecified atom stereocenters. The number of benzene rings is 1. The molecule has 8 heteroatoms. The van der Waals surface area contributed by atoms with Gasteiger partial charge in [-0.25, -0.2) is 0 Å². The third-order valence-electron chi connectivity index (χ3n) is 3.64. The summed E-state index contributed by atoms with van der Waals surface area (Å²) in [6, 6.07) is 3.52. The highest BCUT2D eigenvalue weighted by molar-refractivity contribution is 7.15. The van der Waals surface area contributed by atoms with Crippen LogP contribution in [0.5, 0.6) is 11.5 Å². The summed E-state index contributed by atoms with van der Waals surface area (Å²) in [6.07, 6.45) is 5.42. The fourth-order valence-corrected chi connectivity index (χ4v) is 3.52. The summed E-state index contributed by atoms with van der Waals surface area (Å²) in [6.45, 7) is 0.965. The summed E-state index contributed by atoms with van der Waals surface area (Å²) in [4.78, 5) is 12.0. The topological polar surface area (TPSA) is 73.3 Å². The van der Waals surface area contributed by atoms with Crippen molar-refractivity contribution in [3.8, 4) is 11.5 Å². The predicted molar refractivity (Wildman–Crippen MR) is 92.0 cm³/mol. The van der Waals surface area contributed by atoms with Gasteiger partial charge in [0.05, 0.1) is 5.02 Å². The molecule has 1 fully saturated rings. The molecule has 1 aromatic heterocycles. The van der Waals surface area contributed by atoms with Gasteiger partial charge in [0.2, 0.25) is 11.0 Å². The van der Waals surface area contributed by atoms with Crippen molar-refractivity contribution >= 4 is 40.1 Å². The molecule has 0 saturated heterocycles. The Hall–Kier alpha value is -2.12. The van der Waals surface area contributed by atoms with Gasteiger partial charge >= 0.3 is 0 Å².